The van der Waals surface area contributed by atoms with E-state index >= 15 is 0 Å². The fourth-order valence-electron chi connectivity index (χ4n) is 2.92. The standard InChI is InChI=1S/C24H26BrN3O3/c1-3-30-22-11-19(15-27-14-18-5-4-10-26-13-18)21(25)12-23(22)31-16-24(29)28-20-8-6-17(2)7-9-20/h4-13,27H,3,14-16H2,1-2H3,(H,28,29). The van der Waals surface area contributed by atoms with Gasteiger partial charge < -0.3 is 20.1 Å². The molecule has 0 saturated heterocycles. The predicted molar refractivity (Wildman–Crippen MR) is 125 cm³/mol. The number of aromatic nitrogens is 1. The summed E-state index contributed by atoms with van der Waals surface area (Å²) in [6, 6.07) is 15.3. The van der Waals surface area contributed by atoms with Crippen LogP contribution in [0.2, 0.25) is 0 Å². The summed E-state index contributed by atoms with van der Waals surface area (Å²) in [4.78, 5) is 16.4. The average Bonchev–Trinajstić information content (AvgIpc) is 2.77. The van der Waals surface area contributed by atoms with Gasteiger partial charge in [0.2, 0.25) is 0 Å². The molecule has 2 aromatic carbocycles. The lowest BCUT2D eigenvalue weighted by atomic mass is 10.2. The van der Waals surface area contributed by atoms with E-state index in [2.05, 4.69) is 31.5 Å². The Morgan fingerprint density at radius 2 is 1.84 bits per heavy atom. The predicted octanol–water partition coefficient (Wildman–Crippen LogP) is 4.86. The van der Waals surface area contributed by atoms with E-state index in [1.165, 1.54) is 0 Å². The average molecular weight is 484 g/mol. The number of nitrogens with zero attached hydrogens (tertiary/aromatic N) is 1. The van der Waals surface area contributed by atoms with Gasteiger partial charge in [-0.25, -0.2) is 0 Å². The van der Waals surface area contributed by atoms with Gasteiger partial charge in [0, 0.05) is 35.6 Å². The lowest BCUT2D eigenvalue weighted by molar-refractivity contribution is -0.118. The number of halogens is 1. The first kappa shape index (κ1) is 22.8. The van der Waals surface area contributed by atoms with Gasteiger partial charge in [0.1, 0.15) is 0 Å². The quantitative estimate of drug-likeness (QED) is 0.430. The molecule has 0 spiro atoms. The zero-order valence-corrected chi connectivity index (χ0v) is 19.2. The monoisotopic (exact) mass is 483 g/mol. The molecule has 0 fully saturated rings. The summed E-state index contributed by atoms with van der Waals surface area (Å²) in [6.45, 7) is 5.65. The molecule has 0 aliphatic rings. The second-order valence-electron chi connectivity index (χ2n) is 6.99. The minimum absolute atomic E-state index is 0.112. The molecule has 31 heavy (non-hydrogen) atoms. The Balaban J connectivity index is 1.60. The zero-order chi connectivity index (χ0) is 22.1. The molecule has 0 bridgehead atoms. The summed E-state index contributed by atoms with van der Waals surface area (Å²) in [5, 5.41) is 6.23. The number of ether oxygens (including phenoxy) is 2. The molecule has 0 unspecified atom stereocenters. The van der Waals surface area contributed by atoms with Crippen LogP contribution in [0.1, 0.15) is 23.6 Å². The molecule has 2 N–H and O–H groups in total. The number of aryl methyl sites for hydroxylation is 1. The number of anilines is 1. The van der Waals surface area contributed by atoms with Crippen LogP contribution in [-0.4, -0.2) is 24.1 Å². The number of carbonyl (C=O) groups is 1. The number of nitrogens with one attached hydrogen (secondary N) is 2. The van der Waals surface area contributed by atoms with Crippen LogP contribution in [0.5, 0.6) is 11.5 Å². The molecule has 3 rings (SSSR count). The van der Waals surface area contributed by atoms with Crippen molar-refractivity contribution in [1.82, 2.24) is 10.3 Å². The molecule has 1 heterocycles. The van der Waals surface area contributed by atoms with Crippen LogP contribution in [-0.2, 0) is 17.9 Å². The summed E-state index contributed by atoms with van der Waals surface area (Å²) in [7, 11) is 0. The Bertz CT molecular complexity index is 995. The molecule has 3 aromatic rings. The molecule has 0 atom stereocenters. The first-order valence-corrected chi connectivity index (χ1v) is 10.9. The highest BCUT2D eigenvalue weighted by molar-refractivity contribution is 9.10. The maximum Gasteiger partial charge on any atom is 0.262 e. The van der Waals surface area contributed by atoms with Crippen molar-refractivity contribution in [1.29, 1.82) is 0 Å². The molecule has 0 aliphatic heterocycles. The largest absolute Gasteiger partial charge is 0.490 e. The van der Waals surface area contributed by atoms with Crippen molar-refractivity contribution in [3.8, 4) is 11.5 Å². The number of pyridine rings is 1. The highest BCUT2D eigenvalue weighted by atomic mass is 79.9. The van der Waals surface area contributed by atoms with Crippen molar-refractivity contribution < 1.29 is 14.3 Å². The Kier molecular flexibility index (Phi) is 8.44. The molecule has 7 heteroatoms. The first-order valence-electron chi connectivity index (χ1n) is 10.1. The minimum Gasteiger partial charge on any atom is -0.490 e. The van der Waals surface area contributed by atoms with E-state index in [1.807, 2.05) is 68.6 Å². The lowest BCUT2D eigenvalue weighted by Crippen LogP contribution is -2.20. The normalized spacial score (nSPS) is 10.5. The summed E-state index contributed by atoms with van der Waals surface area (Å²) in [5.41, 5.74) is 4.02. The van der Waals surface area contributed by atoms with E-state index in [0.29, 0.717) is 31.2 Å². The van der Waals surface area contributed by atoms with Crippen LogP contribution in [0, 0.1) is 6.92 Å². The van der Waals surface area contributed by atoms with E-state index in [4.69, 9.17) is 9.47 Å². The van der Waals surface area contributed by atoms with Crippen LogP contribution in [0.15, 0.2) is 65.4 Å². The van der Waals surface area contributed by atoms with Gasteiger partial charge in [-0.15, -0.1) is 0 Å². The number of amides is 1. The molecule has 162 valence electrons. The van der Waals surface area contributed by atoms with Crippen molar-refractivity contribution >= 4 is 27.5 Å². The van der Waals surface area contributed by atoms with Gasteiger partial charge >= 0.3 is 0 Å². The van der Waals surface area contributed by atoms with Crippen LogP contribution in [0.3, 0.4) is 0 Å². The van der Waals surface area contributed by atoms with Gasteiger partial charge in [-0.2, -0.15) is 0 Å². The Hall–Kier alpha value is -2.90. The summed E-state index contributed by atoms with van der Waals surface area (Å²) < 4.78 is 12.4. The van der Waals surface area contributed by atoms with Crippen molar-refractivity contribution in [3.05, 3.63) is 82.1 Å². The van der Waals surface area contributed by atoms with Gasteiger partial charge in [-0.05, 0) is 55.3 Å². The number of hydrogen-bond acceptors (Lipinski definition) is 5. The fourth-order valence-corrected chi connectivity index (χ4v) is 3.38. The van der Waals surface area contributed by atoms with Crippen molar-refractivity contribution in [2.45, 2.75) is 26.9 Å². The fraction of sp³-hybridized carbons (Fsp3) is 0.250. The van der Waals surface area contributed by atoms with Gasteiger partial charge in [0.05, 0.1) is 6.61 Å². The maximum atomic E-state index is 12.3. The molecule has 0 radical (unpaired) electrons. The van der Waals surface area contributed by atoms with E-state index in [9.17, 15) is 4.79 Å². The van der Waals surface area contributed by atoms with Crippen molar-refractivity contribution in [2.75, 3.05) is 18.5 Å². The van der Waals surface area contributed by atoms with Crippen LogP contribution in [0.4, 0.5) is 5.69 Å². The molecule has 1 amide bonds. The summed E-state index contributed by atoms with van der Waals surface area (Å²) in [5.74, 6) is 0.889. The molecule has 0 saturated carbocycles. The second-order valence-corrected chi connectivity index (χ2v) is 7.85. The van der Waals surface area contributed by atoms with Crippen LogP contribution >= 0.6 is 15.9 Å². The highest BCUT2D eigenvalue weighted by Gasteiger charge is 2.13. The van der Waals surface area contributed by atoms with E-state index in [0.717, 1.165) is 26.9 Å². The van der Waals surface area contributed by atoms with E-state index in [1.54, 1.807) is 6.20 Å². The van der Waals surface area contributed by atoms with Crippen molar-refractivity contribution in [2.24, 2.45) is 0 Å². The summed E-state index contributed by atoms with van der Waals surface area (Å²) >= 11 is 3.60. The number of rotatable bonds is 10. The Labute approximate surface area is 191 Å². The second kappa shape index (κ2) is 11.5. The van der Waals surface area contributed by atoms with Gasteiger partial charge in [-0.3, -0.25) is 9.78 Å². The van der Waals surface area contributed by atoms with Gasteiger partial charge in [0.25, 0.3) is 5.91 Å². The summed E-state index contributed by atoms with van der Waals surface area (Å²) in [6.07, 6.45) is 3.60. The molecule has 0 aliphatic carbocycles. The van der Waals surface area contributed by atoms with Crippen molar-refractivity contribution in [3.63, 3.8) is 0 Å². The number of hydrogen-bond donors (Lipinski definition) is 2. The number of carbonyl (C=O) groups excluding carboxylic acids is 1. The van der Waals surface area contributed by atoms with E-state index in [-0.39, 0.29) is 12.5 Å². The zero-order valence-electron chi connectivity index (χ0n) is 17.7. The molecular formula is C24H26BrN3O3. The third-order valence-corrected chi connectivity index (χ3v) is 5.21. The smallest absolute Gasteiger partial charge is 0.262 e. The van der Waals surface area contributed by atoms with Crippen LogP contribution in [0.25, 0.3) is 0 Å². The first-order chi connectivity index (χ1) is 15.0. The van der Waals surface area contributed by atoms with E-state index < -0.39 is 0 Å². The SMILES string of the molecule is CCOc1cc(CNCc2cccnc2)c(Br)cc1OCC(=O)Nc1ccc(C)cc1. The molecular weight excluding hydrogens is 458 g/mol. The minimum atomic E-state index is -0.232. The third-order valence-electron chi connectivity index (χ3n) is 4.47. The third kappa shape index (κ3) is 7.08. The van der Waals surface area contributed by atoms with Gasteiger partial charge in [0.15, 0.2) is 18.1 Å². The lowest BCUT2D eigenvalue weighted by Gasteiger charge is -2.15. The maximum absolute atomic E-state index is 12.3. The molecule has 6 nitrogen and oxygen atoms in total. The Morgan fingerprint density at radius 1 is 1.06 bits per heavy atom. The highest BCUT2D eigenvalue weighted by Crippen LogP contribution is 2.34. The molecule has 1 aromatic heterocycles. The topological polar surface area (TPSA) is 72.5 Å². The Morgan fingerprint density at radius 3 is 2.55 bits per heavy atom. The van der Waals surface area contributed by atoms with Crippen LogP contribution < -0.4 is 20.1 Å². The number of benzene rings is 2. The van der Waals surface area contributed by atoms with Gasteiger partial charge in [-0.1, -0.05) is 39.7 Å².